The second-order valence-corrected chi connectivity index (χ2v) is 7.55. The van der Waals surface area contributed by atoms with Gasteiger partial charge in [-0.05, 0) is 33.8 Å². The first-order valence-electron chi connectivity index (χ1n) is 7.84. The van der Waals surface area contributed by atoms with Gasteiger partial charge in [0, 0.05) is 12.6 Å². The number of amides is 2. The molecule has 0 saturated heterocycles. The topological polar surface area (TPSA) is 97.0 Å². The number of nitrogens with two attached hydrogens (primary N) is 1. The van der Waals surface area contributed by atoms with Gasteiger partial charge in [-0.3, -0.25) is 15.0 Å². The number of ether oxygens (including phenoxy) is 1. The molecular weight excluding hydrogens is 344 g/mol. The van der Waals surface area contributed by atoms with Gasteiger partial charge in [0.1, 0.15) is 5.60 Å². The molecule has 1 aliphatic rings. The molecule has 0 spiro atoms. The molecule has 0 aromatic heterocycles. The summed E-state index contributed by atoms with van der Waals surface area (Å²) in [6.45, 7) is 7.03. The molecule has 1 atom stereocenters. The van der Waals surface area contributed by atoms with Crippen molar-refractivity contribution in [1.82, 2.24) is 10.2 Å². The predicted octanol–water partition coefficient (Wildman–Crippen LogP) is 2.88. The van der Waals surface area contributed by atoms with E-state index in [1.807, 2.05) is 0 Å². The molecule has 1 aromatic carbocycles. The quantitative estimate of drug-likeness (QED) is 0.747. The van der Waals surface area contributed by atoms with Crippen molar-refractivity contribution in [3.8, 4) is 0 Å². The third kappa shape index (κ3) is 4.22. The Labute approximate surface area is 152 Å². The lowest BCUT2D eigenvalue weighted by Crippen LogP contribution is -2.52. The third-order valence-corrected chi connectivity index (χ3v) is 4.18. The van der Waals surface area contributed by atoms with E-state index in [1.54, 1.807) is 52.9 Å². The summed E-state index contributed by atoms with van der Waals surface area (Å²) in [5, 5.41) is 2.88. The molecule has 2 amide bonds. The number of aliphatic imine (C=N–C) groups is 1. The zero-order valence-corrected chi connectivity index (χ0v) is 15.8. The fraction of sp³-hybridized carbons (Fsp3) is 0.471. The second kappa shape index (κ2) is 6.55. The van der Waals surface area contributed by atoms with E-state index in [4.69, 9.17) is 22.1 Å². The van der Waals surface area contributed by atoms with Crippen molar-refractivity contribution >= 4 is 35.2 Å². The normalized spacial score (nSPS) is 21.0. The van der Waals surface area contributed by atoms with Gasteiger partial charge >= 0.3 is 6.09 Å². The highest BCUT2D eigenvalue weighted by molar-refractivity contribution is 6.34. The number of nitrogen functional groups attached to an aromatic ring is 1. The van der Waals surface area contributed by atoms with Crippen LogP contribution in [0.1, 0.15) is 39.7 Å². The first kappa shape index (κ1) is 19.1. The van der Waals surface area contributed by atoms with Crippen LogP contribution >= 0.6 is 11.6 Å². The maximum atomic E-state index is 12.4. The fourth-order valence-corrected chi connectivity index (χ4v) is 2.84. The second-order valence-electron chi connectivity index (χ2n) is 7.17. The third-order valence-electron chi connectivity index (χ3n) is 3.76. The van der Waals surface area contributed by atoms with Crippen LogP contribution in [0.4, 0.5) is 10.5 Å². The van der Waals surface area contributed by atoms with E-state index in [-0.39, 0.29) is 18.3 Å². The first-order valence-corrected chi connectivity index (χ1v) is 8.21. The molecule has 136 valence electrons. The number of nitrogens with one attached hydrogen (secondary N) is 1. The maximum Gasteiger partial charge on any atom is 0.414 e. The van der Waals surface area contributed by atoms with E-state index >= 15 is 0 Å². The van der Waals surface area contributed by atoms with Gasteiger partial charge in [-0.25, -0.2) is 9.79 Å². The van der Waals surface area contributed by atoms with Gasteiger partial charge < -0.3 is 10.5 Å². The number of nitrogens with zero attached hydrogens (tertiary/aromatic N) is 2. The molecule has 7 nitrogen and oxygen atoms in total. The van der Waals surface area contributed by atoms with Gasteiger partial charge in [0.2, 0.25) is 11.9 Å². The number of alkyl carbamates (subject to hydrolysis) is 1. The van der Waals surface area contributed by atoms with E-state index in [2.05, 4.69) is 10.3 Å². The minimum Gasteiger partial charge on any atom is -0.444 e. The van der Waals surface area contributed by atoms with Crippen molar-refractivity contribution in [2.24, 2.45) is 4.99 Å². The Morgan fingerprint density at radius 2 is 2.08 bits per heavy atom. The van der Waals surface area contributed by atoms with Crippen molar-refractivity contribution in [1.29, 1.82) is 0 Å². The fourth-order valence-electron chi connectivity index (χ4n) is 2.51. The molecule has 0 fully saturated rings. The number of hydrogen-bond acceptors (Lipinski definition) is 5. The van der Waals surface area contributed by atoms with Crippen LogP contribution in [-0.4, -0.2) is 35.5 Å². The van der Waals surface area contributed by atoms with Crippen LogP contribution in [0.5, 0.6) is 0 Å². The molecule has 0 bridgehead atoms. The summed E-state index contributed by atoms with van der Waals surface area (Å²) in [6.07, 6.45) is -0.583. The van der Waals surface area contributed by atoms with Gasteiger partial charge in [-0.15, -0.1) is 0 Å². The Morgan fingerprint density at radius 1 is 1.44 bits per heavy atom. The number of rotatable bonds is 1. The van der Waals surface area contributed by atoms with E-state index in [1.165, 1.54) is 4.90 Å². The summed E-state index contributed by atoms with van der Waals surface area (Å²) in [7, 11) is 1.54. The zero-order chi connectivity index (χ0) is 19.0. The van der Waals surface area contributed by atoms with Gasteiger partial charge in [-0.1, -0.05) is 23.7 Å². The summed E-state index contributed by atoms with van der Waals surface area (Å²) in [4.78, 5) is 30.3. The van der Waals surface area contributed by atoms with E-state index in [0.29, 0.717) is 16.3 Å². The summed E-state index contributed by atoms with van der Waals surface area (Å²) in [5.74, 6) is -0.103. The Morgan fingerprint density at radius 3 is 2.68 bits per heavy atom. The minimum absolute atomic E-state index is 0.103. The van der Waals surface area contributed by atoms with Gasteiger partial charge in [0.15, 0.2) is 0 Å². The van der Waals surface area contributed by atoms with Crippen LogP contribution in [0, 0.1) is 0 Å². The number of hydrogen-bond donors (Lipinski definition) is 2. The lowest BCUT2D eigenvalue weighted by molar-refractivity contribution is -0.128. The Hall–Kier alpha value is -2.28. The van der Waals surface area contributed by atoms with Crippen molar-refractivity contribution in [2.75, 3.05) is 12.8 Å². The molecule has 2 rings (SSSR count). The zero-order valence-electron chi connectivity index (χ0n) is 15.0. The molecule has 1 aromatic rings. The summed E-state index contributed by atoms with van der Waals surface area (Å²) in [5.41, 5.74) is 5.29. The highest BCUT2D eigenvalue weighted by Gasteiger charge is 2.39. The minimum atomic E-state index is -0.944. The van der Waals surface area contributed by atoms with Crippen LogP contribution in [0.3, 0.4) is 0 Å². The van der Waals surface area contributed by atoms with Crippen molar-refractivity contribution in [3.63, 3.8) is 0 Å². The lowest BCUT2D eigenvalue weighted by atomic mass is 9.87. The van der Waals surface area contributed by atoms with Gasteiger partial charge in [-0.2, -0.15) is 0 Å². The SMILES string of the molecule is CN1C(=O)C[C@@](C)(c2cccc(N)c2Cl)N=C1NC(=O)OC(C)(C)C. The molecule has 25 heavy (non-hydrogen) atoms. The largest absolute Gasteiger partial charge is 0.444 e. The smallest absolute Gasteiger partial charge is 0.414 e. The van der Waals surface area contributed by atoms with Crippen LogP contribution < -0.4 is 11.1 Å². The number of carbonyl (C=O) groups excluding carboxylic acids is 2. The van der Waals surface area contributed by atoms with E-state index in [9.17, 15) is 9.59 Å². The Bertz CT molecular complexity index is 742. The number of benzene rings is 1. The average molecular weight is 367 g/mol. The van der Waals surface area contributed by atoms with E-state index < -0.39 is 17.2 Å². The predicted molar refractivity (Wildman–Crippen MR) is 97.4 cm³/mol. The van der Waals surface area contributed by atoms with Crippen LogP contribution in [0.15, 0.2) is 23.2 Å². The van der Waals surface area contributed by atoms with Crippen LogP contribution in [-0.2, 0) is 15.1 Å². The molecule has 1 heterocycles. The molecule has 0 unspecified atom stereocenters. The van der Waals surface area contributed by atoms with E-state index in [0.717, 1.165) is 0 Å². The van der Waals surface area contributed by atoms with Crippen LogP contribution in [0.2, 0.25) is 5.02 Å². The summed E-state index contributed by atoms with van der Waals surface area (Å²) in [6, 6.07) is 5.20. The van der Waals surface area contributed by atoms with Crippen molar-refractivity contribution in [2.45, 2.75) is 45.3 Å². The molecule has 0 radical (unpaired) electrons. The molecule has 8 heteroatoms. The highest BCUT2D eigenvalue weighted by atomic mass is 35.5. The monoisotopic (exact) mass is 366 g/mol. The molecule has 1 aliphatic heterocycles. The molecule has 0 aliphatic carbocycles. The van der Waals surface area contributed by atoms with Gasteiger partial charge in [0.25, 0.3) is 0 Å². The number of guanidine groups is 1. The van der Waals surface area contributed by atoms with Gasteiger partial charge in [0.05, 0.1) is 22.7 Å². The number of halogens is 1. The number of carbonyl (C=O) groups is 2. The van der Waals surface area contributed by atoms with Crippen molar-refractivity contribution in [3.05, 3.63) is 28.8 Å². The molecule has 3 N–H and O–H groups in total. The Kier molecular flexibility index (Phi) is 4.99. The summed E-state index contributed by atoms with van der Waals surface area (Å²) >= 11 is 6.31. The standard InChI is InChI=1S/C17H23ClN4O3/c1-16(2,3)25-15(24)20-14-21-17(4,9-12(23)22(14)5)10-7-6-8-11(19)13(10)18/h6-8H,9,19H2,1-5H3,(H,20,21,24)/t17-/m0/s1. The molecular formula is C17H23ClN4O3. The first-order chi connectivity index (χ1) is 11.4. The number of anilines is 1. The Balaban J connectivity index is 2.40. The highest BCUT2D eigenvalue weighted by Crippen LogP contribution is 2.39. The molecule has 0 saturated carbocycles. The average Bonchev–Trinajstić information content (AvgIpc) is 2.45. The van der Waals surface area contributed by atoms with Crippen molar-refractivity contribution < 1.29 is 14.3 Å². The van der Waals surface area contributed by atoms with Crippen LogP contribution in [0.25, 0.3) is 0 Å². The lowest BCUT2D eigenvalue weighted by Gasteiger charge is -2.35. The maximum absolute atomic E-state index is 12.4. The summed E-state index contributed by atoms with van der Waals surface area (Å²) < 4.78 is 5.23.